The molecule has 1 heterocycles. The van der Waals surface area contributed by atoms with Crippen molar-refractivity contribution in [2.24, 2.45) is 35.5 Å². The maximum atomic E-state index is 12.9. The zero-order valence-corrected chi connectivity index (χ0v) is 13.5. The van der Waals surface area contributed by atoms with Gasteiger partial charge >= 0.3 is 0 Å². The summed E-state index contributed by atoms with van der Waals surface area (Å²) in [6.07, 6.45) is 5.58. The van der Waals surface area contributed by atoms with E-state index in [1.165, 1.54) is 11.3 Å². The molecule has 1 saturated heterocycles. The maximum Gasteiger partial charge on any atom is 0.235 e. The Balaban J connectivity index is 1.37. The van der Waals surface area contributed by atoms with E-state index in [-0.39, 0.29) is 42.2 Å². The van der Waals surface area contributed by atoms with Gasteiger partial charge in [0.25, 0.3) is 0 Å². The summed E-state index contributed by atoms with van der Waals surface area (Å²) in [6, 6.07) is 7.53. The fourth-order valence-electron chi connectivity index (χ4n) is 5.13. The third kappa shape index (κ3) is 1.75. The molecule has 2 saturated carbocycles. The van der Waals surface area contributed by atoms with Crippen LogP contribution in [-0.2, 0) is 9.59 Å². The Morgan fingerprint density at radius 3 is 2.33 bits per heavy atom. The van der Waals surface area contributed by atoms with E-state index in [1.807, 2.05) is 24.3 Å². The molecule has 1 aromatic rings. The minimum atomic E-state index is -0.129. The van der Waals surface area contributed by atoms with Gasteiger partial charge in [-0.3, -0.25) is 14.5 Å². The van der Waals surface area contributed by atoms with E-state index in [2.05, 4.69) is 17.5 Å². The van der Waals surface area contributed by atoms with Crippen molar-refractivity contribution >= 4 is 17.5 Å². The van der Waals surface area contributed by atoms with Gasteiger partial charge in [0, 0.05) is 0 Å². The van der Waals surface area contributed by atoms with Crippen molar-refractivity contribution in [3.8, 4) is 5.75 Å². The number of allylic oxidation sites excluding steroid dienone is 2. The number of nitrogens with one attached hydrogen (secondary N) is 1. The summed E-state index contributed by atoms with van der Waals surface area (Å²) in [5.74, 6) is 2.27. The number of carbonyl (C=O) groups excluding carboxylic acids is 2. The molecule has 0 aromatic heterocycles. The third-order valence-corrected chi connectivity index (χ3v) is 6.29. The number of likely N-dealkylation sites (tertiary alicyclic amines) is 1. The molecular weight excluding hydrogens is 304 g/mol. The number of amides is 2. The summed E-state index contributed by atoms with van der Waals surface area (Å²) in [7, 11) is 1.61. The van der Waals surface area contributed by atoms with Gasteiger partial charge in [0.1, 0.15) is 5.75 Å². The first kappa shape index (κ1) is 14.1. The molecule has 6 rings (SSSR count). The van der Waals surface area contributed by atoms with E-state index in [9.17, 15) is 9.59 Å². The number of carbonyl (C=O) groups is 2. The predicted molar refractivity (Wildman–Crippen MR) is 88.0 cm³/mol. The number of hydrogen-bond donors (Lipinski definition) is 1. The molecule has 1 N–H and O–H groups in total. The number of hydrogen-bond acceptors (Lipinski definition) is 4. The van der Waals surface area contributed by atoms with Gasteiger partial charge in [-0.1, -0.05) is 24.3 Å². The molecule has 2 bridgehead atoms. The molecule has 24 heavy (non-hydrogen) atoms. The van der Waals surface area contributed by atoms with Crippen LogP contribution in [0.2, 0.25) is 0 Å². The molecule has 4 aliphatic carbocycles. The summed E-state index contributed by atoms with van der Waals surface area (Å²) in [5.41, 5.74) is 0.791. The lowest BCUT2D eigenvalue weighted by atomic mass is 9.63. The molecule has 0 spiro atoms. The van der Waals surface area contributed by atoms with Crippen LogP contribution in [0.25, 0.3) is 0 Å². The number of nitrogens with zero attached hydrogens (tertiary/aromatic N) is 1. The Morgan fingerprint density at radius 2 is 1.71 bits per heavy atom. The summed E-state index contributed by atoms with van der Waals surface area (Å²) < 4.78 is 5.31. The third-order valence-electron chi connectivity index (χ3n) is 6.29. The van der Waals surface area contributed by atoms with E-state index >= 15 is 0 Å². The molecule has 1 aromatic carbocycles. The van der Waals surface area contributed by atoms with Gasteiger partial charge in [0.05, 0.1) is 31.3 Å². The van der Waals surface area contributed by atoms with Gasteiger partial charge in [-0.2, -0.15) is 0 Å². The molecule has 124 valence electrons. The van der Waals surface area contributed by atoms with Gasteiger partial charge in [-0.15, -0.1) is 0 Å². The minimum Gasteiger partial charge on any atom is -0.495 e. The van der Waals surface area contributed by atoms with Gasteiger partial charge in [-0.05, 0) is 42.2 Å². The van der Waals surface area contributed by atoms with Crippen LogP contribution in [0.15, 0.2) is 36.4 Å². The van der Waals surface area contributed by atoms with E-state index in [4.69, 9.17) is 4.74 Å². The Labute approximate surface area is 140 Å². The molecule has 6 atom stereocenters. The molecule has 5 nitrogen and oxygen atoms in total. The summed E-state index contributed by atoms with van der Waals surface area (Å²) in [6.45, 7) is 0.208. The lowest BCUT2D eigenvalue weighted by Crippen LogP contribution is -2.40. The van der Waals surface area contributed by atoms with E-state index in [0.717, 1.165) is 5.69 Å². The molecule has 5 heteroatoms. The summed E-state index contributed by atoms with van der Waals surface area (Å²) >= 11 is 0. The van der Waals surface area contributed by atoms with Crippen molar-refractivity contribution in [3.63, 3.8) is 0 Å². The molecular formula is C19H20N2O3. The lowest BCUT2D eigenvalue weighted by molar-refractivity contribution is -0.139. The van der Waals surface area contributed by atoms with E-state index in [1.54, 1.807) is 7.11 Å². The number of imide groups is 1. The highest BCUT2D eigenvalue weighted by atomic mass is 16.5. The molecule has 3 fully saturated rings. The second-order valence-electron chi connectivity index (χ2n) is 7.29. The van der Waals surface area contributed by atoms with Crippen molar-refractivity contribution in [3.05, 3.63) is 36.4 Å². The Hall–Kier alpha value is -2.30. The fraction of sp³-hybridized carbons (Fsp3) is 0.474. The Morgan fingerprint density at radius 1 is 1.08 bits per heavy atom. The average Bonchev–Trinajstić information content (AvgIpc) is 3.39. The highest BCUT2D eigenvalue weighted by Gasteiger charge is 2.66. The fourth-order valence-corrected chi connectivity index (χ4v) is 5.13. The van der Waals surface area contributed by atoms with Crippen LogP contribution in [0, 0.1) is 35.5 Å². The van der Waals surface area contributed by atoms with Crippen LogP contribution in [0.3, 0.4) is 0 Å². The maximum absolute atomic E-state index is 12.9. The normalized spacial score (nSPS) is 38.1. The van der Waals surface area contributed by atoms with E-state index < -0.39 is 0 Å². The molecule has 2 amide bonds. The zero-order valence-electron chi connectivity index (χ0n) is 13.5. The number of rotatable bonds is 4. The zero-order chi connectivity index (χ0) is 16.4. The van der Waals surface area contributed by atoms with Crippen molar-refractivity contribution in [1.29, 1.82) is 0 Å². The highest BCUT2D eigenvalue weighted by molar-refractivity contribution is 6.06. The quantitative estimate of drug-likeness (QED) is 0.681. The smallest absolute Gasteiger partial charge is 0.235 e. The first-order valence-corrected chi connectivity index (χ1v) is 8.61. The Kier molecular flexibility index (Phi) is 2.84. The van der Waals surface area contributed by atoms with Gasteiger partial charge in [0.2, 0.25) is 11.8 Å². The van der Waals surface area contributed by atoms with Crippen LogP contribution in [0.5, 0.6) is 5.75 Å². The topological polar surface area (TPSA) is 58.6 Å². The summed E-state index contributed by atoms with van der Waals surface area (Å²) in [5, 5.41) is 3.19. The number of ether oxygens (including phenoxy) is 1. The second-order valence-corrected chi connectivity index (χ2v) is 7.29. The largest absolute Gasteiger partial charge is 0.495 e. The number of anilines is 1. The molecule has 0 radical (unpaired) electrons. The second kappa shape index (κ2) is 4.85. The van der Waals surface area contributed by atoms with Crippen LogP contribution in [0.1, 0.15) is 6.42 Å². The number of para-hydroxylation sites is 2. The Bertz CT molecular complexity index is 723. The average molecular weight is 324 g/mol. The van der Waals surface area contributed by atoms with E-state index in [0.29, 0.717) is 17.6 Å². The first-order valence-electron chi connectivity index (χ1n) is 8.61. The predicted octanol–water partition coefficient (Wildman–Crippen LogP) is 2.12. The van der Waals surface area contributed by atoms with Crippen LogP contribution >= 0.6 is 0 Å². The SMILES string of the molecule is COc1ccccc1NCN1C(=O)[C@@H]2[C@@H]3C=C[C@H]([C@H]4C[C@H]34)[C@@H]2C1=O. The molecule has 0 unspecified atom stereocenters. The number of benzene rings is 1. The monoisotopic (exact) mass is 324 g/mol. The van der Waals surface area contributed by atoms with Crippen LogP contribution in [0.4, 0.5) is 5.69 Å². The first-order chi connectivity index (χ1) is 11.7. The highest BCUT2D eigenvalue weighted by Crippen LogP contribution is 2.65. The standard InChI is InChI=1S/C19H20N2O3/c1-24-15-5-3-2-4-14(15)20-9-21-18(22)16-10-6-7-11(13-8-12(10)13)17(16)19(21)23/h2-7,10-13,16-17,20H,8-9H2,1H3/t10-,11-,12-,13-,16-,17+/m1/s1. The van der Waals surface area contributed by atoms with Crippen molar-refractivity contribution in [1.82, 2.24) is 4.90 Å². The summed E-state index contributed by atoms with van der Waals surface area (Å²) in [4.78, 5) is 27.2. The lowest BCUT2D eigenvalue weighted by Gasteiger charge is -2.37. The van der Waals surface area contributed by atoms with Crippen molar-refractivity contribution in [2.45, 2.75) is 6.42 Å². The molecule has 1 aliphatic heterocycles. The van der Waals surface area contributed by atoms with Gasteiger partial charge < -0.3 is 10.1 Å². The minimum absolute atomic E-state index is 0.00269. The van der Waals surface area contributed by atoms with Crippen LogP contribution < -0.4 is 10.1 Å². The number of methoxy groups -OCH3 is 1. The molecule has 5 aliphatic rings. The van der Waals surface area contributed by atoms with Crippen LogP contribution in [-0.4, -0.2) is 30.5 Å². The van der Waals surface area contributed by atoms with Gasteiger partial charge in [0.15, 0.2) is 0 Å². The van der Waals surface area contributed by atoms with Crippen molar-refractivity contribution < 1.29 is 14.3 Å². The van der Waals surface area contributed by atoms with Gasteiger partial charge in [-0.25, -0.2) is 0 Å². The van der Waals surface area contributed by atoms with Crippen molar-refractivity contribution in [2.75, 3.05) is 19.1 Å².